The van der Waals surface area contributed by atoms with Crippen molar-refractivity contribution < 1.29 is 8.78 Å². The molecule has 1 fully saturated rings. The SMILES string of the molecule is N#Cc1cccc(-c2cc3c(C4CC4F)c4s[nH]c(=O)c4c(=O)n3cc2F)c1. The standard InChI is InChI=1S/C20H11F2N3O2S/c21-13-5-12(13)16-15-6-11(10-3-1-2-9(4-10)7-23)14(22)8-25(15)20(27)17-18(16)28-24-19(17)26/h1-4,6,8,12-13H,5H2,(H,24,26). The monoisotopic (exact) mass is 395 g/mol. The Hall–Kier alpha value is -3.31. The molecule has 138 valence electrons. The summed E-state index contributed by atoms with van der Waals surface area (Å²) < 4.78 is 32.8. The second-order valence-electron chi connectivity index (χ2n) is 6.80. The highest BCUT2D eigenvalue weighted by Crippen LogP contribution is 2.48. The van der Waals surface area contributed by atoms with Gasteiger partial charge in [0.25, 0.3) is 11.1 Å². The van der Waals surface area contributed by atoms with Crippen LogP contribution < -0.4 is 11.1 Å². The molecule has 1 aromatic carbocycles. The van der Waals surface area contributed by atoms with Crippen LogP contribution in [-0.4, -0.2) is 14.9 Å². The average molecular weight is 395 g/mol. The summed E-state index contributed by atoms with van der Waals surface area (Å²) in [6.45, 7) is 0. The van der Waals surface area contributed by atoms with Gasteiger partial charge in [-0.05, 0) is 30.2 Å². The van der Waals surface area contributed by atoms with Gasteiger partial charge >= 0.3 is 0 Å². The first-order valence-electron chi connectivity index (χ1n) is 8.53. The van der Waals surface area contributed by atoms with Gasteiger partial charge in [0, 0.05) is 23.2 Å². The molecule has 0 radical (unpaired) electrons. The summed E-state index contributed by atoms with van der Waals surface area (Å²) in [6, 6.07) is 9.97. The lowest BCUT2D eigenvalue weighted by Crippen LogP contribution is -2.20. The number of nitriles is 1. The summed E-state index contributed by atoms with van der Waals surface area (Å²) in [7, 11) is 0. The number of aromatic amines is 1. The molecule has 0 aliphatic heterocycles. The van der Waals surface area contributed by atoms with E-state index in [4.69, 9.17) is 5.26 Å². The van der Waals surface area contributed by atoms with Crippen molar-refractivity contribution in [3.63, 3.8) is 0 Å². The van der Waals surface area contributed by atoms with E-state index in [9.17, 15) is 18.4 Å². The number of halogens is 2. The molecule has 1 saturated carbocycles. The van der Waals surface area contributed by atoms with Crippen LogP contribution in [0.2, 0.25) is 0 Å². The number of alkyl halides is 1. The number of fused-ring (bicyclic) bond motifs is 2. The van der Waals surface area contributed by atoms with Crippen LogP contribution in [0.4, 0.5) is 8.78 Å². The summed E-state index contributed by atoms with van der Waals surface area (Å²) in [5, 5.41) is 9.03. The molecule has 2 atom stereocenters. The lowest BCUT2D eigenvalue weighted by molar-refractivity contribution is 0.469. The van der Waals surface area contributed by atoms with Crippen molar-refractivity contribution in [1.82, 2.24) is 8.77 Å². The molecule has 5 rings (SSSR count). The highest BCUT2D eigenvalue weighted by Gasteiger charge is 2.42. The van der Waals surface area contributed by atoms with Gasteiger partial charge in [-0.1, -0.05) is 23.7 Å². The van der Waals surface area contributed by atoms with E-state index in [2.05, 4.69) is 4.37 Å². The molecule has 1 N–H and O–H groups in total. The fourth-order valence-corrected chi connectivity index (χ4v) is 4.57. The Labute approximate surface area is 160 Å². The first kappa shape index (κ1) is 16.8. The van der Waals surface area contributed by atoms with E-state index in [1.807, 2.05) is 6.07 Å². The molecule has 2 unspecified atom stereocenters. The van der Waals surface area contributed by atoms with Crippen LogP contribution in [0.5, 0.6) is 0 Å². The normalized spacial score (nSPS) is 18.5. The van der Waals surface area contributed by atoms with Crippen molar-refractivity contribution in [2.75, 3.05) is 0 Å². The molecule has 8 heteroatoms. The zero-order chi connectivity index (χ0) is 19.6. The largest absolute Gasteiger partial charge is 0.280 e. The van der Waals surface area contributed by atoms with Crippen LogP contribution in [-0.2, 0) is 0 Å². The van der Waals surface area contributed by atoms with Crippen molar-refractivity contribution in [1.29, 1.82) is 5.26 Å². The Morgan fingerprint density at radius 3 is 2.79 bits per heavy atom. The molecular formula is C20H11F2N3O2S. The number of nitrogens with one attached hydrogen (secondary N) is 1. The topological polar surface area (TPSA) is 78.1 Å². The van der Waals surface area contributed by atoms with E-state index in [1.54, 1.807) is 24.3 Å². The number of pyridine rings is 2. The number of rotatable bonds is 2. The summed E-state index contributed by atoms with van der Waals surface area (Å²) in [5.41, 5.74) is 0.786. The molecule has 0 spiro atoms. The first-order chi connectivity index (χ1) is 13.5. The molecule has 0 amide bonds. The van der Waals surface area contributed by atoms with Crippen LogP contribution in [0.25, 0.3) is 26.7 Å². The fourth-order valence-electron chi connectivity index (χ4n) is 3.62. The minimum Gasteiger partial charge on any atom is -0.280 e. The van der Waals surface area contributed by atoms with Crippen molar-refractivity contribution >= 4 is 27.1 Å². The minimum atomic E-state index is -1.06. The zero-order valence-electron chi connectivity index (χ0n) is 14.2. The van der Waals surface area contributed by atoms with Gasteiger partial charge in [-0.15, -0.1) is 0 Å². The molecule has 28 heavy (non-hydrogen) atoms. The minimum absolute atomic E-state index is 0.0739. The molecule has 1 aliphatic carbocycles. The average Bonchev–Trinajstić information content (AvgIpc) is 3.28. The van der Waals surface area contributed by atoms with E-state index in [0.29, 0.717) is 33.3 Å². The van der Waals surface area contributed by atoms with Gasteiger partial charge in [0.1, 0.15) is 17.4 Å². The lowest BCUT2D eigenvalue weighted by Gasteiger charge is -2.12. The number of hydrogen-bond donors (Lipinski definition) is 1. The summed E-state index contributed by atoms with van der Waals surface area (Å²) in [6.07, 6.45) is 0.269. The van der Waals surface area contributed by atoms with Gasteiger partial charge in [-0.25, -0.2) is 8.78 Å². The van der Waals surface area contributed by atoms with Crippen molar-refractivity contribution in [2.24, 2.45) is 0 Å². The van der Waals surface area contributed by atoms with E-state index in [0.717, 1.165) is 22.1 Å². The van der Waals surface area contributed by atoms with Crippen LogP contribution in [0.1, 0.15) is 23.5 Å². The van der Waals surface area contributed by atoms with Gasteiger partial charge in [0.2, 0.25) is 0 Å². The Kier molecular flexibility index (Phi) is 3.51. The third kappa shape index (κ3) is 2.33. The predicted molar refractivity (Wildman–Crippen MR) is 102 cm³/mol. The maximum atomic E-state index is 14.9. The van der Waals surface area contributed by atoms with Crippen molar-refractivity contribution in [3.05, 3.63) is 74.2 Å². The Morgan fingerprint density at radius 1 is 1.29 bits per heavy atom. The zero-order valence-corrected chi connectivity index (χ0v) is 15.0. The third-order valence-corrected chi connectivity index (χ3v) is 6.00. The molecule has 4 aromatic rings. The van der Waals surface area contributed by atoms with Crippen molar-refractivity contribution in [3.8, 4) is 17.2 Å². The van der Waals surface area contributed by atoms with Gasteiger partial charge in [0.15, 0.2) is 0 Å². The van der Waals surface area contributed by atoms with E-state index in [-0.39, 0.29) is 10.9 Å². The molecule has 0 saturated heterocycles. The maximum absolute atomic E-state index is 14.9. The number of benzene rings is 1. The lowest BCUT2D eigenvalue weighted by atomic mass is 10.0. The quantitative estimate of drug-likeness (QED) is 0.562. The Bertz CT molecular complexity index is 1440. The molecule has 0 bridgehead atoms. The molecule has 1 aliphatic rings. The van der Waals surface area contributed by atoms with Crippen molar-refractivity contribution in [2.45, 2.75) is 18.5 Å². The number of aromatic nitrogens is 2. The number of H-pyrrole nitrogens is 1. The maximum Gasteiger partial charge on any atom is 0.271 e. The Morgan fingerprint density at radius 2 is 2.07 bits per heavy atom. The first-order valence-corrected chi connectivity index (χ1v) is 9.35. The summed E-state index contributed by atoms with van der Waals surface area (Å²) in [4.78, 5) is 24.9. The number of nitrogens with zero attached hydrogens (tertiary/aromatic N) is 2. The molecule has 3 aromatic heterocycles. The highest BCUT2D eigenvalue weighted by molar-refractivity contribution is 7.13. The third-order valence-electron chi connectivity index (χ3n) is 5.08. The second kappa shape index (κ2) is 5.84. The van der Waals surface area contributed by atoms with E-state index < -0.39 is 29.0 Å². The Balaban J connectivity index is 1.91. The fraction of sp³-hybridized carbons (Fsp3) is 0.150. The smallest absolute Gasteiger partial charge is 0.271 e. The van der Waals surface area contributed by atoms with Gasteiger partial charge < -0.3 is 0 Å². The van der Waals surface area contributed by atoms with E-state index in [1.165, 1.54) is 6.07 Å². The summed E-state index contributed by atoms with van der Waals surface area (Å²) >= 11 is 0.998. The molecule has 3 heterocycles. The molecular weight excluding hydrogens is 384 g/mol. The van der Waals surface area contributed by atoms with Crippen LogP contribution in [0.15, 0.2) is 46.1 Å². The highest BCUT2D eigenvalue weighted by atomic mass is 32.1. The van der Waals surface area contributed by atoms with Gasteiger partial charge in [-0.2, -0.15) is 5.26 Å². The summed E-state index contributed by atoms with van der Waals surface area (Å²) in [5.74, 6) is -1.11. The van der Waals surface area contributed by atoms with Gasteiger partial charge in [-0.3, -0.25) is 18.4 Å². The van der Waals surface area contributed by atoms with E-state index >= 15 is 0 Å². The number of hydrogen-bond acceptors (Lipinski definition) is 4. The van der Waals surface area contributed by atoms with Crippen LogP contribution in [0.3, 0.4) is 0 Å². The molecule has 5 nitrogen and oxygen atoms in total. The second-order valence-corrected chi connectivity index (χ2v) is 7.61. The van der Waals surface area contributed by atoms with Crippen LogP contribution in [0, 0.1) is 17.1 Å². The van der Waals surface area contributed by atoms with Crippen LogP contribution >= 0.6 is 11.5 Å². The predicted octanol–water partition coefficient (Wildman–Crippen LogP) is 3.71. The van der Waals surface area contributed by atoms with Gasteiger partial charge in [0.05, 0.1) is 21.8 Å².